The van der Waals surface area contributed by atoms with Crippen molar-refractivity contribution in [2.24, 2.45) is 7.05 Å². The molecule has 4 rings (SSSR count). The molecule has 1 fully saturated rings. The molecule has 0 N–H and O–H groups in total. The van der Waals surface area contributed by atoms with E-state index in [1.807, 2.05) is 29.9 Å². The molecule has 1 aromatic heterocycles. The van der Waals surface area contributed by atoms with Crippen LogP contribution < -0.4 is 0 Å². The molecule has 0 aliphatic carbocycles. The van der Waals surface area contributed by atoms with Crippen LogP contribution in [0, 0.1) is 0 Å². The number of benzene rings is 1. The van der Waals surface area contributed by atoms with Crippen LogP contribution in [0.25, 0.3) is 0 Å². The summed E-state index contributed by atoms with van der Waals surface area (Å²) in [6.45, 7) is 4.87. The van der Waals surface area contributed by atoms with E-state index in [1.54, 1.807) is 0 Å². The fraction of sp³-hybridized carbons (Fsp3) is 0.556. The van der Waals surface area contributed by atoms with Gasteiger partial charge in [0.15, 0.2) is 0 Å². The van der Waals surface area contributed by atoms with Crippen LogP contribution >= 0.6 is 0 Å². The van der Waals surface area contributed by atoms with Gasteiger partial charge >= 0.3 is 0 Å². The van der Waals surface area contributed by atoms with E-state index in [9.17, 15) is 0 Å². The fourth-order valence-electron chi connectivity index (χ4n) is 3.76. The highest BCUT2D eigenvalue weighted by atomic mass is 16.5. The summed E-state index contributed by atoms with van der Waals surface area (Å²) in [6.07, 6.45) is 1.10. The molecule has 0 saturated carbocycles. The first-order valence-electron chi connectivity index (χ1n) is 8.63. The molecule has 2 aromatic rings. The number of nitrogens with zero attached hydrogens (tertiary/aromatic N) is 4. The van der Waals surface area contributed by atoms with Gasteiger partial charge in [-0.1, -0.05) is 35.5 Å². The smallest absolute Gasteiger partial charge is 0.100 e. The highest BCUT2D eigenvalue weighted by molar-refractivity contribution is 5.20. The maximum atomic E-state index is 6.02. The zero-order valence-electron chi connectivity index (χ0n) is 14.1. The second-order valence-corrected chi connectivity index (χ2v) is 6.69. The summed E-state index contributed by atoms with van der Waals surface area (Å²) in [5.41, 5.74) is 3.51. The van der Waals surface area contributed by atoms with Crippen molar-refractivity contribution in [2.45, 2.75) is 31.5 Å². The van der Waals surface area contributed by atoms with Crippen LogP contribution in [0.4, 0.5) is 0 Å². The zero-order valence-corrected chi connectivity index (χ0v) is 14.1. The predicted molar refractivity (Wildman–Crippen MR) is 89.5 cm³/mol. The first kappa shape index (κ1) is 15.7. The van der Waals surface area contributed by atoms with Crippen molar-refractivity contribution >= 4 is 0 Å². The second-order valence-electron chi connectivity index (χ2n) is 6.69. The van der Waals surface area contributed by atoms with Crippen molar-refractivity contribution in [3.63, 3.8) is 0 Å². The van der Waals surface area contributed by atoms with Crippen molar-refractivity contribution in [1.29, 1.82) is 0 Å². The number of aryl methyl sites for hydroxylation is 1. The van der Waals surface area contributed by atoms with Gasteiger partial charge in [-0.05, 0) is 12.0 Å². The highest BCUT2D eigenvalue weighted by Gasteiger charge is 2.34. The Hall–Kier alpha value is -1.76. The van der Waals surface area contributed by atoms with Crippen LogP contribution in [0.5, 0.6) is 0 Å². The Morgan fingerprint density at radius 3 is 2.96 bits per heavy atom. The number of aromatic nitrogens is 3. The summed E-state index contributed by atoms with van der Waals surface area (Å²) >= 11 is 0. The zero-order chi connectivity index (χ0) is 16.4. The molecule has 6 nitrogen and oxygen atoms in total. The summed E-state index contributed by atoms with van der Waals surface area (Å²) in [6, 6.07) is 10.8. The first-order valence-corrected chi connectivity index (χ1v) is 8.63. The minimum atomic E-state index is 0.304. The van der Waals surface area contributed by atoms with Gasteiger partial charge in [-0.3, -0.25) is 9.58 Å². The van der Waals surface area contributed by atoms with Gasteiger partial charge < -0.3 is 9.47 Å². The highest BCUT2D eigenvalue weighted by Crippen LogP contribution is 2.30. The third-order valence-electron chi connectivity index (χ3n) is 4.99. The first-order chi connectivity index (χ1) is 11.8. The maximum absolute atomic E-state index is 6.02. The minimum absolute atomic E-state index is 0.304. The van der Waals surface area contributed by atoms with Gasteiger partial charge in [0.1, 0.15) is 5.69 Å². The van der Waals surface area contributed by atoms with Gasteiger partial charge in [-0.25, -0.2) is 0 Å². The fourth-order valence-corrected chi connectivity index (χ4v) is 3.76. The molecule has 2 aliphatic heterocycles. The van der Waals surface area contributed by atoms with Gasteiger partial charge in [-0.2, -0.15) is 0 Å². The SMILES string of the molecule is Cn1nnc2c1[C@@H](COCc1ccccc1)CN([C@@H]1CCOC1)C2. The minimum Gasteiger partial charge on any atom is -0.380 e. The van der Waals surface area contributed by atoms with Gasteiger partial charge in [0.25, 0.3) is 0 Å². The van der Waals surface area contributed by atoms with E-state index in [4.69, 9.17) is 9.47 Å². The summed E-state index contributed by atoms with van der Waals surface area (Å²) in [7, 11) is 1.98. The largest absolute Gasteiger partial charge is 0.380 e. The second kappa shape index (κ2) is 7.01. The molecule has 2 aliphatic rings. The molecule has 0 amide bonds. The molecular weight excluding hydrogens is 304 g/mol. The molecule has 24 heavy (non-hydrogen) atoms. The lowest BCUT2D eigenvalue weighted by atomic mass is 9.97. The Balaban J connectivity index is 1.44. The van der Waals surface area contributed by atoms with Crippen molar-refractivity contribution in [1.82, 2.24) is 19.9 Å². The molecule has 2 atom stereocenters. The summed E-state index contributed by atoms with van der Waals surface area (Å²) in [5.74, 6) is 0.304. The van der Waals surface area contributed by atoms with Crippen LogP contribution in [0.2, 0.25) is 0 Å². The van der Waals surface area contributed by atoms with E-state index < -0.39 is 0 Å². The third kappa shape index (κ3) is 3.22. The van der Waals surface area contributed by atoms with Crippen LogP contribution in [-0.4, -0.2) is 52.3 Å². The van der Waals surface area contributed by atoms with E-state index in [0.717, 1.165) is 38.4 Å². The van der Waals surface area contributed by atoms with E-state index in [2.05, 4.69) is 27.3 Å². The normalized spacial score (nSPS) is 24.2. The molecule has 1 aromatic carbocycles. The Labute approximate surface area is 142 Å². The molecule has 0 unspecified atom stereocenters. The lowest BCUT2D eigenvalue weighted by Crippen LogP contribution is -2.43. The number of hydrogen-bond donors (Lipinski definition) is 0. The number of ether oxygens (including phenoxy) is 2. The van der Waals surface area contributed by atoms with Crippen LogP contribution in [0.15, 0.2) is 30.3 Å². The lowest BCUT2D eigenvalue weighted by Gasteiger charge is -2.35. The van der Waals surface area contributed by atoms with Gasteiger partial charge in [0, 0.05) is 38.7 Å². The van der Waals surface area contributed by atoms with E-state index in [-0.39, 0.29) is 0 Å². The van der Waals surface area contributed by atoms with E-state index >= 15 is 0 Å². The van der Waals surface area contributed by atoms with Crippen molar-refractivity contribution < 1.29 is 9.47 Å². The third-order valence-corrected chi connectivity index (χ3v) is 4.99. The average Bonchev–Trinajstić information content (AvgIpc) is 3.26. The Morgan fingerprint density at radius 1 is 1.29 bits per heavy atom. The topological polar surface area (TPSA) is 52.4 Å². The predicted octanol–water partition coefficient (Wildman–Crippen LogP) is 1.72. The maximum Gasteiger partial charge on any atom is 0.100 e. The molecule has 0 spiro atoms. The molecular formula is C18H24N4O2. The number of hydrogen-bond acceptors (Lipinski definition) is 5. The lowest BCUT2D eigenvalue weighted by molar-refractivity contribution is 0.0686. The molecule has 3 heterocycles. The Kier molecular flexibility index (Phi) is 4.60. The van der Waals surface area contributed by atoms with Crippen molar-refractivity contribution in [3.8, 4) is 0 Å². The summed E-state index contributed by atoms with van der Waals surface area (Å²) in [4.78, 5) is 2.49. The van der Waals surface area contributed by atoms with Crippen molar-refractivity contribution in [3.05, 3.63) is 47.3 Å². The van der Waals surface area contributed by atoms with Gasteiger partial charge in [0.2, 0.25) is 0 Å². The monoisotopic (exact) mass is 328 g/mol. The van der Waals surface area contributed by atoms with Crippen LogP contribution in [0.3, 0.4) is 0 Å². The molecule has 1 saturated heterocycles. The molecule has 6 heteroatoms. The summed E-state index contributed by atoms with van der Waals surface area (Å²) in [5, 5.41) is 8.60. The van der Waals surface area contributed by atoms with Gasteiger partial charge in [0.05, 0.1) is 25.5 Å². The number of fused-ring (bicyclic) bond motifs is 1. The van der Waals surface area contributed by atoms with Gasteiger partial charge in [-0.15, -0.1) is 5.10 Å². The van der Waals surface area contributed by atoms with E-state index in [0.29, 0.717) is 25.2 Å². The summed E-state index contributed by atoms with van der Waals surface area (Å²) < 4.78 is 13.5. The average molecular weight is 328 g/mol. The van der Waals surface area contributed by atoms with Crippen molar-refractivity contribution in [2.75, 3.05) is 26.4 Å². The number of rotatable bonds is 5. The molecule has 0 bridgehead atoms. The van der Waals surface area contributed by atoms with Crippen LogP contribution in [-0.2, 0) is 29.7 Å². The van der Waals surface area contributed by atoms with E-state index in [1.165, 1.54) is 11.3 Å². The Bertz CT molecular complexity index is 667. The van der Waals surface area contributed by atoms with Crippen LogP contribution in [0.1, 0.15) is 29.3 Å². The Morgan fingerprint density at radius 2 is 2.17 bits per heavy atom. The molecule has 0 radical (unpaired) electrons. The molecule has 128 valence electrons. The standard InChI is InChI=1S/C18H24N4O2/c1-21-18-15(12-24-11-14-5-3-2-4-6-14)9-22(10-17(18)19-20-21)16-7-8-23-13-16/h2-6,15-16H,7-13H2,1H3/t15-,16-/m1/s1. The quantitative estimate of drug-likeness (QED) is 0.836.